The highest BCUT2D eigenvalue weighted by Crippen LogP contribution is 2.46. The van der Waals surface area contributed by atoms with Gasteiger partial charge in [0.15, 0.2) is 0 Å². The fourth-order valence-corrected chi connectivity index (χ4v) is 2.56. The summed E-state index contributed by atoms with van der Waals surface area (Å²) < 4.78 is 28.4. The number of halogens is 2. The number of hydrogen-bond acceptors (Lipinski definition) is 3. The van der Waals surface area contributed by atoms with Crippen molar-refractivity contribution in [1.82, 2.24) is 0 Å². The van der Waals surface area contributed by atoms with Gasteiger partial charge in [0.2, 0.25) is 0 Å². The molecule has 2 aliphatic carbocycles. The van der Waals surface area contributed by atoms with Gasteiger partial charge in [-0.2, -0.15) is 8.78 Å². The second kappa shape index (κ2) is 3.46. The van der Waals surface area contributed by atoms with Crippen molar-refractivity contribution in [3.05, 3.63) is 0 Å². The molecule has 0 spiro atoms. The van der Waals surface area contributed by atoms with Crippen LogP contribution in [0.15, 0.2) is 0 Å². The molecule has 0 saturated heterocycles. The van der Waals surface area contributed by atoms with Gasteiger partial charge in [0.05, 0.1) is 6.10 Å². The second-order valence-electron chi connectivity index (χ2n) is 4.03. The van der Waals surface area contributed by atoms with E-state index >= 15 is 0 Å². The monoisotopic (exact) mass is 206 g/mol. The molecule has 0 aromatic carbocycles. The molecule has 2 fully saturated rings. The highest BCUT2D eigenvalue weighted by Gasteiger charge is 2.49. The number of rotatable bonds is 2. The Labute approximate surface area is 80.0 Å². The van der Waals surface area contributed by atoms with Crippen LogP contribution in [0.2, 0.25) is 0 Å². The van der Waals surface area contributed by atoms with E-state index in [2.05, 4.69) is 4.74 Å². The molecule has 2 bridgehead atoms. The summed E-state index contributed by atoms with van der Waals surface area (Å²) in [5.74, 6) is -1.30. The quantitative estimate of drug-likeness (QED) is 0.684. The molecule has 0 aromatic heterocycles. The molecule has 2 saturated carbocycles. The number of hydrogen-bond donors (Lipinski definition) is 1. The van der Waals surface area contributed by atoms with Gasteiger partial charge in [0.25, 0.3) is 0 Å². The molecule has 0 aliphatic heterocycles. The van der Waals surface area contributed by atoms with Crippen LogP contribution in [-0.4, -0.2) is 29.7 Å². The van der Waals surface area contributed by atoms with Crippen LogP contribution in [0.1, 0.15) is 19.3 Å². The number of esters is 1. The number of carbonyl (C=O) groups excluding carboxylic acids is 1. The summed E-state index contributed by atoms with van der Waals surface area (Å²) in [6, 6.07) is 0. The highest BCUT2D eigenvalue weighted by atomic mass is 19.3. The van der Waals surface area contributed by atoms with Crippen molar-refractivity contribution in [2.75, 3.05) is 0 Å². The van der Waals surface area contributed by atoms with Crippen molar-refractivity contribution in [1.29, 1.82) is 0 Å². The van der Waals surface area contributed by atoms with Crippen molar-refractivity contribution in [2.45, 2.75) is 37.9 Å². The first-order chi connectivity index (χ1) is 6.59. The minimum Gasteiger partial charge on any atom is -0.455 e. The Balaban J connectivity index is 1.96. The third-order valence-corrected chi connectivity index (χ3v) is 3.23. The maximum atomic E-state index is 11.9. The topological polar surface area (TPSA) is 46.5 Å². The van der Waals surface area contributed by atoms with Gasteiger partial charge in [0.1, 0.15) is 6.10 Å². The van der Waals surface area contributed by atoms with E-state index in [-0.39, 0.29) is 11.8 Å². The average Bonchev–Trinajstić information content (AvgIpc) is 2.69. The molecule has 0 aromatic rings. The third-order valence-electron chi connectivity index (χ3n) is 3.23. The van der Waals surface area contributed by atoms with Gasteiger partial charge in [-0.3, -0.25) is 0 Å². The van der Waals surface area contributed by atoms with E-state index in [0.29, 0.717) is 0 Å². The number of aliphatic hydroxyl groups is 1. The van der Waals surface area contributed by atoms with Gasteiger partial charge in [-0.1, -0.05) is 0 Å². The number of aliphatic hydroxyl groups excluding tert-OH is 1. The molecule has 3 nitrogen and oxygen atoms in total. The van der Waals surface area contributed by atoms with Crippen LogP contribution < -0.4 is 0 Å². The van der Waals surface area contributed by atoms with Gasteiger partial charge in [-0.25, -0.2) is 4.79 Å². The zero-order valence-electron chi connectivity index (χ0n) is 7.53. The Morgan fingerprint density at radius 1 is 1.36 bits per heavy atom. The smallest absolute Gasteiger partial charge is 0.374 e. The summed E-state index contributed by atoms with van der Waals surface area (Å²) in [4.78, 5) is 10.6. The Kier molecular flexibility index (Phi) is 2.43. The number of fused-ring (bicyclic) bond motifs is 2. The molecule has 2 aliphatic rings. The van der Waals surface area contributed by atoms with Crippen LogP contribution in [0.5, 0.6) is 0 Å². The predicted molar refractivity (Wildman–Crippen MR) is 42.7 cm³/mol. The van der Waals surface area contributed by atoms with Crippen LogP contribution in [0.4, 0.5) is 8.78 Å². The largest absolute Gasteiger partial charge is 0.455 e. The van der Waals surface area contributed by atoms with E-state index < -0.39 is 24.6 Å². The summed E-state index contributed by atoms with van der Waals surface area (Å²) in [5, 5.41) is 9.59. The maximum Gasteiger partial charge on any atom is 0.374 e. The number of carbonyl (C=O) groups is 1. The summed E-state index contributed by atoms with van der Waals surface area (Å²) in [6.07, 6.45) is -1.96. The minimum absolute atomic E-state index is 0.0812. The van der Waals surface area contributed by atoms with E-state index in [4.69, 9.17) is 0 Å². The van der Waals surface area contributed by atoms with Gasteiger partial charge in [-0.05, 0) is 31.1 Å². The molecular weight excluding hydrogens is 194 g/mol. The van der Waals surface area contributed by atoms with Gasteiger partial charge in [0, 0.05) is 0 Å². The lowest BCUT2D eigenvalue weighted by molar-refractivity contribution is -0.171. The summed E-state index contributed by atoms with van der Waals surface area (Å²) in [7, 11) is 0. The molecule has 0 radical (unpaired) electrons. The molecule has 0 amide bonds. The van der Waals surface area contributed by atoms with E-state index in [0.717, 1.165) is 19.3 Å². The minimum atomic E-state index is -3.10. The predicted octanol–water partition coefficient (Wildman–Crippen LogP) is 0.954. The Morgan fingerprint density at radius 3 is 2.50 bits per heavy atom. The lowest BCUT2D eigenvalue weighted by atomic mass is 9.95. The van der Waals surface area contributed by atoms with Crippen molar-refractivity contribution in [2.24, 2.45) is 11.8 Å². The standard InChI is InChI=1S/C9H12F2O3/c10-8(11)9(13)14-7-5-2-1-4(3-5)6(7)12/h4-8,12H,1-3H2. The second-order valence-corrected chi connectivity index (χ2v) is 4.03. The molecule has 4 unspecified atom stereocenters. The molecule has 5 heteroatoms. The van der Waals surface area contributed by atoms with Crippen LogP contribution in [0.25, 0.3) is 0 Å². The Hall–Kier alpha value is -0.710. The van der Waals surface area contributed by atoms with Crippen LogP contribution in [0.3, 0.4) is 0 Å². The summed E-state index contributed by atoms with van der Waals surface area (Å²) in [6.45, 7) is 0. The van der Waals surface area contributed by atoms with Crippen LogP contribution in [0, 0.1) is 11.8 Å². The lowest BCUT2D eigenvalue weighted by Crippen LogP contribution is -2.37. The average molecular weight is 206 g/mol. The fraction of sp³-hybridized carbons (Fsp3) is 0.889. The van der Waals surface area contributed by atoms with Crippen LogP contribution in [-0.2, 0) is 9.53 Å². The first kappa shape index (κ1) is 9.83. The molecule has 0 heterocycles. The molecular formula is C9H12F2O3. The van der Waals surface area contributed by atoms with E-state index in [1.807, 2.05) is 0 Å². The lowest BCUT2D eigenvalue weighted by Gasteiger charge is -2.26. The summed E-state index contributed by atoms with van der Waals surface area (Å²) >= 11 is 0. The van der Waals surface area contributed by atoms with Gasteiger partial charge < -0.3 is 9.84 Å². The SMILES string of the molecule is O=C(OC1C2CCC(C2)C1O)C(F)F. The highest BCUT2D eigenvalue weighted by molar-refractivity contribution is 5.73. The molecule has 80 valence electrons. The molecule has 4 atom stereocenters. The van der Waals surface area contributed by atoms with Crippen molar-refractivity contribution in [3.63, 3.8) is 0 Å². The van der Waals surface area contributed by atoms with Crippen LogP contribution >= 0.6 is 0 Å². The maximum absolute atomic E-state index is 11.9. The normalized spacial score (nSPS) is 40.6. The zero-order valence-corrected chi connectivity index (χ0v) is 7.53. The first-order valence-electron chi connectivity index (χ1n) is 4.76. The Morgan fingerprint density at radius 2 is 2.00 bits per heavy atom. The first-order valence-corrected chi connectivity index (χ1v) is 4.76. The zero-order chi connectivity index (χ0) is 10.3. The number of alkyl halides is 2. The van der Waals surface area contributed by atoms with Crippen molar-refractivity contribution in [3.8, 4) is 0 Å². The third kappa shape index (κ3) is 1.49. The molecule has 2 rings (SSSR count). The summed E-state index contributed by atoms with van der Waals surface area (Å²) in [5.41, 5.74) is 0. The van der Waals surface area contributed by atoms with Crippen molar-refractivity contribution >= 4 is 5.97 Å². The fourth-order valence-electron chi connectivity index (χ4n) is 2.56. The Bertz CT molecular complexity index is 242. The molecule has 14 heavy (non-hydrogen) atoms. The molecule has 1 N–H and O–H groups in total. The van der Waals surface area contributed by atoms with E-state index in [1.54, 1.807) is 0 Å². The van der Waals surface area contributed by atoms with Crippen molar-refractivity contribution < 1.29 is 23.4 Å². The number of ether oxygens (including phenoxy) is 1. The van der Waals surface area contributed by atoms with E-state index in [9.17, 15) is 18.7 Å². The van der Waals surface area contributed by atoms with E-state index in [1.165, 1.54) is 0 Å². The van der Waals surface area contributed by atoms with Gasteiger partial charge in [-0.15, -0.1) is 0 Å². The van der Waals surface area contributed by atoms with Gasteiger partial charge >= 0.3 is 12.4 Å².